The third-order valence-corrected chi connectivity index (χ3v) is 8.29. The summed E-state index contributed by atoms with van der Waals surface area (Å²) in [7, 11) is 0. The van der Waals surface area contributed by atoms with Crippen LogP contribution in [0.1, 0.15) is 37.8 Å². The minimum Gasteiger partial charge on any atom is -0.392 e. The standard InChI is InChI=1S/C16H17F3N2O.C10H5BrF3N.C6H13NO/c1-10-7-11(22)9-21(8-10)14-5-4-13(16(17,18)19)15-12(14)3-2-6-20-15;11-8-4-3-7(10(12,13)14)9-6(8)2-1-5-15-9;1-5-2-6(8)4-7-3-5/h2-6,10-11,22H,7-9H2,1H3;1-5H;5-8H,2-4H2,1H3. The maximum Gasteiger partial charge on any atom is 0.418 e. The molecule has 4 unspecified atom stereocenters. The van der Waals surface area contributed by atoms with Gasteiger partial charge in [-0.25, -0.2) is 0 Å². The maximum atomic E-state index is 13.1. The summed E-state index contributed by atoms with van der Waals surface area (Å²) < 4.78 is 77.8. The van der Waals surface area contributed by atoms with Crippen LogP contribution in [0.15, 0.2) is 65.4 Å². The molecule has 4 atom stereocenters. The number of benzene rings is 2. The molecular formula is C32H35BrF6N4O2. The highest BCUT2D eigenvalue weighted by Gasteiger charge is 2.35. The zero-order chi connectivity index (χ0) is 32.9. The van der Waals surface area contributed by atoms with Gasteiger partial charge in [-0.3, -0.25) is 9.97 Å². The summed E-state index contributed by atoms with van der Waals surface area (Å²) in [6.07, 6.45) is -4.96. The van der Waals surface area contributed by atoms with Gasteiger partial charge in [0, 0.05) is 53.0 Å². The van der Waals surface area contributed by atoms with Crippen molar-refractivity contribution in [2.75, 3.05) is 31.1 Å². The number of rotatable bonds is 1. The first kappa shape index (κ1) is 34.9. The Morgan fingerprint density at radius 3 is 1.82 bits per heavy atom. The van der Waals surface area contributed by atoms with Crippen molar-refractivity contribution in [2.24, 2.45) is 11.8 Å². The van der Waals surface area contributed by atoms with Crippen molar-refractivity contribution in [2.45, 2.75) is 51.2 Å². The van der Waals surface area contributed by atoms with E-state index >= 15 is 0 Å². The van der Waals surface area contributed by atoms with E-state index in [-0.39, 0.29) is 23.1 Å². The number of nitrogens with zero attached hydrogens (tertiary/aromatic N) is 3. The van der Waals surface area contributed by atoms with Crippen molar-refractivity contribution in [3.8, 4) is 0 Å². The van der Waals surface area contributed by atoms with Gasteiger partial charge in [0.1, 0.15) is 0 Å². The predicted molar refractivity (Wildman–Crippen MR) is 166 cm³/mol. The molecule has 0 saturated carbocycles. The van der Waals surface area contributed by atoms with Gasteiger partial charge < -0.3 is 20.4 Å². The molecule has 6 rings (SSSR count). The smallest absolute Gasteiger partial charge is 0.392 e. The molecule has 0 bridgehead atoms. The van der Waals surface area contributed by atoms with Gasteiger partial charge in [0.25, 0.3) is 0 Å². The molecule has 3 N–H and O–H groups in total. The van der Waals surface area contributed by atoms with Crippen molar-refractivity contribution >= 4 is 43.4 Å². The molecule has 4 aromatic rings. The number of β-amino-alcohol motifs (C(OH)–C–C–N with tert-alkyl or cyclic N) is 2. The molecule has 4 heterocycles. The summed E-state index contributed by atoms with van der Waals surface area (Å²) in [6, 6.07) is 11.5. The minimum absolute atomic E-state index is 0.0284. The number of aliphatic hydroxyl groups excluding tert-OH is 2. The van der Waals surface area contributed by atoms with E-state index in [9.17, 15) is 31.4 Å². The fourth-order valence-electron chi connectivity index (χ4n) is 5.67. The van der Waals surface area contributed by atoms with Crippen LogP contribution in [0.4, 0.5) is 32.0 Å². The number of alkyl halides is 6. The van der Waals surface area contributed by atoms with E-state index in [0.717, 1.165) is 31.6 Å². The summed E-state index contributed by atoms with van der Waals surface area (Å²) in [5.41, 5.74) is -0.806. The first-order valence-corrected chi connectivity index (χ1v) is 15.3. The first-order chi connectivity index (χ1) is 21.1. The molecule has 0 amide bonds. The van der Waals surface area contributed by atoms with Gasteiger partial charge >= 0.3 is 12.4 Å². The Morgan fingerprint density at radius 1 is 0.733 bits per heavy atom. The summed E-state index contributed by atoms with van der Waals surface area (Å²) in [5, 5.41) is 23.0. The largest absolute Gasteiger partial charge is 0.418 e. The quantitative estimate of drug-likeness (QED) is 0.179. The third-order valence-electron chi connectivity index (χ3n) is 7.60. The van der Waals surface area contributed by atoms with Crippen LogP contribution in [0.3, 0.4) is 0 Å². The second-order valence-corrected chi connectivity index (χ2v) is 12.4. The van der Waals surface area contributed by atoms with E-state index in [2.05, 4.69) is 38.1 Å². The Balaban J connectivity index is 0.000000172. The molecule has 2 aliphatic rings. The molecule has 2 saturated heterocycles. The monoisotopic (exact) mass is 700 g/mol. The molecule has 244 valence electrons. The lowest BCUT2D eigenvalue weighted by Crippen LogP contribution is -2.42. The number of fused-ring (bicyclic) bond motifs is 2. The molecule has 6 nitrogen and oxygen atoms in total. The topological polar surface area (TPSA) is 81.5 Å². The molecular weight excluding hydrogens is 666 g/mol. The highest BCUT2D eigenvalue weighted by Crippen LogP contribution is 2.39. The van der Waals surface area contributed by atoms with Crippen LogP contribution in [0, 0.1) is 11.8 Å². The minimum atomic E-state index is -4.43. The molecule has 2 aromatic heterocycles. The SMILES string of the molecule is CC1CC(O)CN(c2ccc(C(F)(F)F)c3ncccc23)C1.CC1CNCC(O)C1.FC(F)(F)c1ccc(Br)c2cccnc12. The molecule has 0 spiro atoms. The van der Waals surface area contributed by atoms with Gasteiger partial charge in [0.2, 0.25) is 0 Å². The first-order valence-electron chi connectivity index (χ1n) is 14.5. The Hall–Kier alpha value is -3.00. The Labute approximate surface area is 265 Å². The van der Waals surface area contributed by atoms with E-state index in [0.29, 0.717) is 46.4 Å². The second-order valence-electron chi connectivity index (χ2n) is 11.6. The number of pyridine rings is 2. The van der Waals surface area contributed by atoms with Crippen molar-refractivity contribution < 1.29 is 36.6 Å². The lowest BCUT2D eigenvalue weighted by Gasteiger charge is -2.36. The van der Waals surface area contributed by atoms with Crippen LogP contribution < -0.4 is 10.2 Å². The summed E-state index contributed by atoms with van der Waals surface area (Å²) >= 11 is 3.19. The summed E-state index contributed by atoms with van der Waals surface area (Å²) in [5.74, 6) is 0.941. The van der Waals surface area contributed by atoms with Gasteiger partial charge in [-0.15, -0.1) is 0 Å². The van der Waals surface area contributed by atoms with E-state index in [4.69, 9.17) is 5.11 Å². The molecule has 2 aromatic carbocycles. The van der Waals surface area contributed by atoms with Gasteiger partial charge in [0.15, 0.2) is 0 Å². The van der Waals surface area contributed by atoms with Gasteiger partial charge in [0.05, 0.1) is 34.4 Å². The Morgan fingerprint density at radius 2 is 1.29 bits per heavy atom. The van der Waals surface area contributed by atoms with Crippen molar-refractivity contribution in [3.63, 3.8) is 0 Å². The highest BCUT2D eigenvalue weighted by atomic mass is 79.9. The van der Waals surface area contributed by atoms with Crippen LogP contribution in [0.25, 0.3) is 21.8 Å². The summed E-state index contributed by atoms with van der Waals surface area (Å²) in [6.45, 7) is 7.17. The van der Waals surface area contributed by atoms with Crippen LogP contribution in [-0.4, -0.2) is 58.6 Å². The molecule has 2 aliphatic heterocycles. The van der Waals surface area contributed by atoms with E-state index < -0.39 is 29.6 Å². The van der Waals surface area contributed by atoms with Gasteiger partial charge in [-0.2, -0.15) is 26.3 Å². The van der Waals surface area contributed by atoms with E-state index in [1.807, 2.05) is 11.8 Å². The molecule has 13 heteroatoms. The highest BCUT2D eigenvalue weighted by molar-refractivity contribution is 9.10. The number of hydrogen-bond acceptors (Lipinski definition) is 6. The van der Waals surface area contributed by atoms with Crippen LogP contribution in [-0.2, 0) is 12.4 Å². The second kappa shape index (κ2) is 14.6. The third kappa shape index (κ3) is 9.05. The molecule has 0 radical (unpaired) electrons. The predicted octanol–water partition coefficient (Wildman–Crippen LogP) is 7.45. The van der Waals surface area contributed by atoms with Gasteiger partial charge in [-0.05, 0) is 73.7 Å². The average Bonchev–Trinajstić information content (AvgIpc) is 2.96. The molecule has 2 fully saturated rings. The maximum absolute atomic E-state index is 13.1. The van der Waals surface area contributed by atoms with Crippen LogP contribution >= 0.6 is 15.9 Å². The number of aliphatic hydroxyl groups is 2. The van der Waals surface area contributed by atoms with Crippen LogP contribution in [0.5, 0.6) is 0 Å². The zero-order valence-electron chi connectivity index (χ0n) is 24.7. The lowest BCUT2D eigenvalue weighted by atomic mass is 9.96. The number of aromatic nitrogens is 2. The number of piperidine rings is 2. The lowest BCUT2D eigenvalue weighted by molar-refractivity contribution is -0.137. The number of anilines is 1. The van der Waals surface area contributed by atoms with Crippen molar-refractivity contribution in [3.05, 3.63) is 76.5 Å². The van der Waals surface area contributed by atoms with Crippen molar-refractivity contribution in [1.82, 2.24) is 15.3 Å². The molecule has 0 aliphatic carbocycles. The number of halogens is 7. The van der Waals surface area contributed by atoms with E-state index in [1.165, 1.54) is 24.5 Å². The zero-order valence-corrected chi connectivity index (χ0v) is 26.3. The molecule has 45 heavy (non-hydrogen) atoms. The summed E-state index contributed by atoms with van der Waals surface area (Å²) in [4.78, 5) is 9.64. The fourth-order valence-corrected chi connectivity index (χ4v) is 6.12. The van der Waals surface area contributed by atoms with E-state index in [1.54, 1.807) is 24.3 Å². The fraction of sp³-hybridized carbons (Fsp3) is 0.438. The Bertz CT molecular complexity index is 1570. The van der Waals surface area contributed by atoms with Crippen molar-refractivity contribution in [1.29, 1.82) is 0 Å². The number of nitrogens with one attached hydrogen (secondary N) is 1. The normalized spacial score (nSPS) is 22.3. The number of hydrogen-bond donors (Lipinski definition) is 3. The van der Waals surface area contributed by atoms with Gasteiger partial charge in [-0.1, -0.05) is 35.8 Å². The average molecular weight is 702 g/mol. The Kier molecular flexibility index (Phi) is 11.3. The van der Waals surface area contributed by atoms with Crippen LogP contribution in [0.2, 0.25) is 0 Å².